The van der Waals surface area contributed by atoms with Gasteiger partial charge in [0.2, 0.25) is 17.8 Å². The van der Waals surface area contributed by atoms with Gasteiger partial charge in [-0.05, 0) is 6.42 Å². The average Bonchev–Trinajstić information content (AvgIpc) is 2.03. The molecule has 7 nitrogen and oxygen atoms in total. The van der Waals surface area contributed by atoms with E-state index >= 15 is 0 Å². The van der Waals surface area contributed by atoms with Crippen LogP contribution in [-0.4, -0.2) is 33.2 Å². The van der Waals surface area contributed by atoms with Gasteiger partial charge in [-0.1, -0.05) is 0 Å². The minimum absolute atomic E-state index is 0.0824. The van der Waals surface area contributed by atoms with Gasteiger partial charge in [0.1, 0.15) is 0 Å². The Hall–Kier alpha value is -1.63. The zero-order valence-electron chi connectivity index (χ0n) is 7.06. The van der Waals surface area contributed by atoms with Crippen molar-refractivity contribution >= 4 is 17.8 Å². The number of nitrogens with two attached hydrogens (primary N) is 2. The van der Waals surface area contributed by atoms with Crippen LogP contribution in [0, 0.1) is 0 Å². The maximum atomic E-state index is 8.51. The second-order valence-electron chi connectivity index (χ2n) is 2.38. The summed E-state index contributed by atoms with van der Waals surface area (Å²) in [6, 6.07) is 0. The molecule has 0 saturated heterocycles. The zero-order chi connectivity index (χ0) is 9.68. The van der Waals surface area contributed by atoms with Crippen LogP contribution in [0.25, 0.3) is 0 Å². The van der Waals surface area contributed by atoms with E-state index in [4.69, 9.17) is 16.6 Å². The number of aliphatic hydroxyl groups excluding tert-OH is 1. The molecule has 7 heteroatoms. The van der Waals surface area contributed by atoms with Gasteiger partial charge in [0.05, 0.1) is 0 Å². The standard InChI is InChI=1S/C6H12N6O/c7-4-10-5(8)12-6(11-4)9-2-1-3-13/h13H,1-3H2,(H5,7,8,9,10,11,12). The number of nitrogen functional groups attached to an aromatic ring is 2. The smallest absolute Gasteiger partial charge is 0.229 e. The van der Waals surface area contributed by atoms with E-state index in [-0.39, 0.29) is 18.5 Å². The fourth-order valence-corrected chi connectivity index (χ4v) is 0.768. The summed E-state index contributed by atoms with van der Waals surface area (Å²) in [5.74, 6) is 0.497. The third kappa shape index (κ3) is 3.08. The van der Waals surface area contributed by atoms with Gasteiger partial charge in [-0.15, -0.1) is 0 Å². The summed E-state index contributed by atoms with van der Waals surface area (Å²) < 4.78 is 0. The Kier molecular flexibility index (Phi) is 3.21. The van der Waals surface area contributed by atoms with E-state index in [1.165, 1.54) is 0 Å². The van der Waals surface area contributed by atoms with Crippen molar-refractivity contribution < 1.29 is 5.11 Å². The van der Waals surface area contributed by atoms with Gasteiger partial charge < -0.3 is 21.9 Å². The molecule has 0 saturated carbocycles. The van der Waals surface area contributed by atoms with Gasteiger partial charge >= 0.3 is 0 Å². The molecule has 72 valence electrons. The summed E-state index contributed by atoms with van der Waals surface area (Å²) in [7, 11) is 0. The Morgan fingerprint density at radius 2 is 1.77 bits per heavy atom. The van der Waals surface area contributed by atoms with Crippen LogP contribution in [0.3, 0.4) is 0 Å². The second kappa shape index (κ2) is 4.41. The summed E-state index contributed by atoms with van der Waals surface area (Å²) in [5, 5.41) is 11.4. The van der Waals surface area contributed by atoms with E-state index in [0.717, 1.165) is 0 Å². The summed E-state index contributed by atoms with van der Waals surface area (Å²) >= 11 is 0. The summed E-state index contributed by atoms with van der Waals surface area (Å²) in [6.07, 6.45) is 0.617. The van der Waals surface area contributed by atoms with Crippen molar-refractivity contribution in [2.45, 2.75) is 6.42 Å². The molecule has 0 unspecified atom stereocenters. The molecule has 0 bridgehead atoms. The fraction of sp³-hybridized carbons (Fsp3) is 0.500. The van der Waals surface area contributed by atoms with Crippen LogP contribution in [0.5, 0.6) is 0 Å². The quantitative estimate of drug-likeness (QED) is 0.435. The van der Waals surface area contributed by atoms with Crippen molar-refractivity contribution in [2.24, 2.45) is 0 Å². The second-order valence-corrected chi connectivity index (χ2v) is 2.38. The average molecular weight is 184 g/mol. The van der Waals surface area contributed by atoms with Crippen molar-refractivity contribution in [3.05, 3.63) is 0 Å². The molecule has 1 aromatic heterocycles. The molecule has 0 atom stereocenters. The normalized spacial score (nSPS) is 9.92. The minimum atomic E-state index is 0.0824. The van der Waals surface area contributed by atoms with Crippen molar-refractivity contribution in [1.29, 1.82) is 0 Å². The highest BCUT2D eigenvalue weighted by Gasteiger charge is 1.99. The lowest BCUT2D eigenvalue weighted by Crippen LogP contribution is -2.10. The van der Waals surface area contributed by atoms with Gasteiger partial charge in [0, 0.05) is 13.2 Å². The first-order chi connectivity index (χ1) is 6.22. The van der Waals surface area contributed by atoms with E-state index in [0.29, 0.717) is 18.9 Å². The molecular formula is C6H12N6O. The SMILES string of the molecule is Nc1nc(N)nc(NCCCO)n1. The first-order valence-electron chi connectivity index (χ1n) is 3.84. The number of rotatable bonds is 4. The first kappa shape index (κ1) is 9.46. The lowest BCUT2D eigenvalue weighted by Gasteiger charge is -2.03. The Balaban J connectivity index is 2.56. The third-order valence-electron chi connectivity index (χ3n) is 1.29. The van der Waals surface area contributed by atoms with Gasteiger partial charge in [-0.25, -0.2) is 0 Å². The summed E-state index contributed by atoms with van der Waals surface area (Å²) in [4.78, 5) is 11.2. The monoisotopic (exact) mass is 184 g/mol. The van der Waals surface area contributed by atoms with Crippen molar-refractivity contribution in [2.75, 3.05) is 29.9 Å². The highest BCUT2D eigenvalue weighted by Crippen LogP contribution is 2.02. The van der Waals surface area contributed by atoms with E-state index in [1.54, 1.807) is 0 Å². The van der Waals surface area contributed by atoms with E-state index < -0.39 is 0 Å². The van der Waals surface area contributed by atoms with Crippen LogP contribution in [0.2, 0.25) is 0 Å². The van der Waals surface area contributed by atoms with Crippen LogP contribution in [0.1, 0.15) is 6.42 Å². The van der Waals surface area contributed by atoms with Crippen molar-refractivity contribution in [3.63, 3.8) is 0 Å². The molecule has 0 amide bonds. The number of hydrogen-bond acceptors (Lipinski definition) is 7. The molecular weight excluding hydrogens is 172 g/mol. The molecule has 0 aromatic carbocycles. The number of aromatic nitrogens is 3. The number of hydrogen-bond donors (Lipinski definition) is 4. The third-order valence-corrected chi connectivity index (χ3v) is 1.29. The topological polar surface area (TPSA) is 123 Å². The zero-order valence-corrected chi connectivity index (χ0v) is 7.06. The van der Waals surface area contributed by atoms with E-state index in [2.05, 4.69) is 20.3 Å². The molecule has 6 N–H and O–H groups in total. The maximum Gasteiger partial charge on any atom is 0.229 e. The fourth-order valence-electron chi connectivity index (χ4n) is 0.768. The van der Waals surface area contributed by atoms with Crippen molar-refractivity contribution in [1.82, 2.24) is 15.0 Å². The van der Waals surface area contributed by atoms with E-state index in [9.17, 15) is 0 Å². The van der Waals surface area contributed by atoms with Crippen LogP contribution < -0.4 is 16.8 Å². The molecule has 0 spiro atoms. The number of nitrogens with one attached hydrogen (secondary N) is 1. The van der Waals surface area contributed by atoms with E-state index in [1.807, 2.05) is 0 Å². The number of aliphatic hydroxyl groups is 1. The number of nitrogens with zero attached hydrogens (tertiary/aromatic N) is 3. The van der Waals surface area contributed by atoms with Crippen LogP contribution in [-0.2, 0) is 0 Å². The lowest BCUT2D eigenvalue weighted by atomic mass is 10.4. The lowest BCUT2D eigenvalue weighted by molar-refractivity contribution is 0.292. The van der Waals surface area contributed by atoms with Crippen LogP contribution >= 0.6 is 0 Å². The van der Waals surface area contributed by atoms with Gasteiger partial charge in [0.25, 0.3) is 0 Å². The number of anilines is 3. The molecule has 1 aromatic rings. The molecule has 13 heavy (non-hydrogen) atoms. The van der Waals surface area contributed by atoms with Gasteiger partial charge in [0.15, 0.2) is 0 Å². The molecule has 0 fully saturated rings. The predicted octanol–water partition coefficient (Wildman–Crippen LogP) is -1.17. The Morgan fingerprint density at radius 1 is 1.15 bits per heavy atom. The Bertz CT molecular complexity index is 258. The molecule has 1 heterocycles. The maximum absolute atomic E-state index is 8.51. The molecule has 0 aliphatic heterocycles. The highest BCUT2D eigenvalue weighted by molar-refractivity contribution is 5.36. The van der Waals surface area contributed by atoms with Gasteiger partial charge in [-0.2, -0.15) is 15.0 Å². The Labute approximate surface area is 75.2 Å². The largest absolute Gasteiger partial charge is 0.396 e. The van der Waals surface area contributed by atoms with Crippen LogP contribution in [0.4, 0.5) is 17.8 Å². The summed E-state index contributed by atoms with van der Waals surface area (Å²) in [5.41, 5.74) is 10.7. The minimum Gasteiger partial charge on any atom is -0.396 e. The summed E-state index contributed by atoms with van der Waals surface area (Å²) in [6.45, 7) is 0.683. The molecule has 0 aliphatic carbocycles. The molecule has 0 aliphatic rings. The molecule has 1 rings (SSSR count). The Morgan fingerprint density at radius 3 is 2.31 bits per heavy atom. The highest BCUT2D eigenvalue weighted by atomic mass is 16.3. The van der Waals surface area contributed by atoms with Crippen LogP contribution in [0.15, 0.2) is 0 Å². The first-order valence-corrected chi connectivity index (χ1v) is 3.84. The molecule has 0 radical (unpaired) electrons. The van der Waals surface area contributed by atoms with Crippen molar-refractivity contribution in [3.8, 4) is 0 Å². The van der Waals surface area contributed by atoms with Gasteiger partial charge in [-0.3, -0.25) is 0 Å². The predicted molar refractivity (Wildman–Crippen MR) is 48.8 cm³/mol.